The van der Waals surface area contributed by atoms with Crippen LogP contribution < -0.4 is 0 Å². The van der Waals surface area contributed by atoms with Gasteiger partial charge < -0.3 is 4.74 Å². The van der Waals surface area contributed by atoms with Crippen molar-refractivity contribution in [2.45, 2.75) is 19.1 Å². The predicted octanol–water partition coefficient (Wildman–Crippen LogP) is 3.30. The molecule has 0 spiro atoms. The van der Waals surface area contributed by atoms with E-state index in [9.17, 15) is 0 Å². The van der Waals surface area contributed by atoms with Gasteiger partial charge in [-0.05, 0) is 29.3 Å². The van der Waals surface area contributed by atoms with Gasteiger partial charge in [0.15, 0.2) is 0 Å². The van der Waals surface area contributed by atoms with Gasteiger partial charge in [0.05, 0.1) is 6.10 Å². The summed E-state index contributed by atoms with van der Waals surface area (Å²) in [6.45, 7) is 2.11. The van der Waals surface area contributed by atoms with Crippen LogP contribution in [0.1, 0.15) is 18.6 Å². The second kappa shape index (κ2) is 2.82. The molecule has 2 atom stereocenters. The molecule has 1 aliphatic heterocycles. The van der Waals surface area contributed by atoms with Crippen LogP contribution in [-0.2, 0) is 4.74 Å². The average Bonchev–Trinajstić information content (AvgIpc) is 2.95. The van der Waals surface area contributed by atoms with Crippen molar-refractivity contribution >= 4 is 10.8 Å². The SMILES string of the molecule is C[C@@H]1O[C@@H]1c1ccc2ccccc2c1. The number of benzene rings is 2. The minimum atomic E-state index is 0.333. The standard InChI is InChI=1S/C13H12O/c1-9-13(14-9)12-7-6-10-4-2-3-5-11(10)8-12/h2-9,13H,1H3/t9-,13-/m0/s1. The first-order chi connectivity index (χ1) is 6.84. The van der Waals surface area contributed by atoms with Crippen molar-refractivity contribution in [3.05, 3.63) is 48.0 Å². The number of fused-ring (bicyclic) bond motifs is 1. The molecule has 0 saturated carbocycles. The summed E-state index contributed by atoms with van der Waals surface area (Å²) in [6.07, 6.45) is 0.732. The summed E-state index contributed by atoms with van der Waals surface area (Å²) in [5.41, 5.74) is 1.30. The van der Waals surface area contributed by atoms with Gasteiger partial charge in [-0.15, -0.1) is 0 Å². The lowest BCUT2D eigenvalue weighted by Crippen LogP contribution is -1.83. The van der Waals surface area contributed by atoms with Gasteiger partial charge in [-0.1, -0.05) is 36.4 Å². The topological polar surface area (TPSA) is 12.5 Å². The molecule has 0 N–H and O–H groups in total. The molecule has 2 aromatic carbocycles. The summed E-state index contributed by atoms with van der Waals surface area (Å²) in [4.78, 5) is 0. The Labute approximate surface area is 83.3 Å². The van der Waals surface area contributed by atoms with Gasteiger partial charge in [0.2, 0.25) is 0 Å². The van der Waals surface area contributed by atoms with Gasteiger partial charge in [-0.3, -0.25) is 0 Å². The van der Waals surface area contributed by atoms with E-state index in [0.717, 1.165) is 0 Å². The van der Waals surface area contributed by atoms with Gasteiger partial charge in [0.25, 0.3) is 0 Å². The Hall–Kier alpha value is -1.34. The molecule has 0 amide bonds. The van der Waals surface area contributed by atoms with Crippen molar-refractivity contribution in [3.8, 4) is 0 Å². The van der Waals surface area contributed by atoms with Crippen molar-refractivity contribution in [3.63, 3.8) is 0 Å². The highest BCUT2D eigenvalue weighted by atomic mass is 16.6. The summed E-state index contributed by atoms with van der Waals surface area (Å²) < 4.78 is 5.45. The van der Waals surface area contributed by atoms with E-state index < -0.39 is 0 Å². The molecule has 0 aromatic heterocycles. The normalized spacial score (nSPS) is 25.2. The molecular weight excluding hydrogens is 172 g/mol. The Morgan fingerprint density at radius 1 is 1.00 bits per heavy atom. The zero-order chi connectivity index (χ0) is 9.54. The average molecular weight is 184 g/mol. The summed E-state index contributed by atoms with van der Waals surface area (Å²) in [6, 6.07) is 15.0. The first-order valence-electron chi connectivity index (χ1n) is 4.99. The maximum absolute atomic E-state index is 5.45. The fourth-order valence-electron chi connectivity index (χ4n) is 1.92. The number of ether oxygens (including phenoxy) is 1. The van der Waals surface area contributed by atoms with Crippen molar-refractivity contribution in [1.29, 1.82) is 0 Å². The number of rotatable bonds is 1. The lowest BCUT2D eigenvalue weighted by atomic mass is 10.0. The predicted molar refractivity (Wildman–Crippen MR) is 57.2 cm³/mol. The molecule has 0 unspecified atom stereocenters. The highest BCUT2D eigenvalue weighted by Crippen LogP contribution is 2.38. The van der Waals surface area contributed by atoms with Crippen LogP contribution in [0.5, 0.6) is 0 Å². The Morgan fingerprint density at radius 3 is 2.43 bits per heavy atom. The van der Waals surface area contributed by atoms with E-state index in [4.69, 9.17) is 4.74 Å². The van der Waals surface area contributed by atoms with Crippen LogP contribution in [0.2, 0.25) is 0 Å². The molecule has 0 radical (unpaired) electrons. The van der Waals surface area contributed by atoms with Gasteiger partial charge in [-0.25, -0.2) is 0 Å². The fourth-order valence-corrected chi connectivity index (χ4v) is 1.92. The molecule has 2 aromatic rings. The molecular formula is C13H12O. The molecule has 1 fully saturated rings. The third kappa shape index (κ3) is 1.21. The molecule has 3 rings (SSSR count). The van der Waals surface area contributed by atoms with Gasteiger partial charge in [0.1, 0.15) is 6.10 Å². The van der Waals surface area contributed by atoms with Crippen molar-refractivity contribution in [2.75, 3.05) is 0 Å². The first kappa shape index (κ1) is 8.01. The maximum Gasteiger partial charge on any atom is 0.109 e. The largest absolute Gasteiger partial charge is 0.365 e. The van der Waals surface area contributed by atoms with E-state index in [0.29, 0.717) is 12.2 Å². The fraction of sp³-hybridized carbons (Fsp3) is 0.231. The van der Waals surface area contributed by atoms with Crippen LogP contribution in [0.25, 0.3) is 10.8 Å². The summed E-state index contributed by atoms with van der Waals surface area (Å²) in [5.74, 6) is 0. The van der Waals surface area contributed by atoms with Crippen molar-refractivity contribution in [1.82, 2.24) is 0 Å². The highest BCUT2D eigenvalue weighted by Gasteiger charge is 2.35. The second-order valence-electron chi connectivity index (χ2n) is 3.87. The minimum absolute atomic E-state index is 0.333. The maximum atomic E-state index is 5.45. The van der Waals surface area contributed by atoms with E-state index in [1.54, 1.807) is 0 Å². The quantitative estimate of drug-likeness (QED) is 0.619. The smallest absolute Gasteiger partial charge is 0.109 e. The summed E-state index contributed by atoms with van der Waals surface area (Å²) in [5, 5.41) is 2.59. The third-order valence-corrected chi connectivity index (χ3v) is 2.81. The summed E-state index contributed by atoms with van der Waals surface area (Å²) >= 11 is 0. The van der Waals surface area contributed by atoms with E-state index in [1.807, 2.05) is 0 Å². The van der Waals surface area contributed by atoms with E-state index >= 15 is 0 Å². The van der Waals surface area contributed by atoms with Crippen molar-refractivity contribution < 1.29 is 4.74 Å². The third-order valence-electron chi connectivity index (χ3n) is 2.81. The molecule has 1 nitrogen and oxygen atoms in total. The van der Waals surface area contributed by atoms with E-state index in [1.165, 1.54) is 16.3 Å². The van der Waals surface area contributed by atoms with Gasteiger partial charge in [0, 0.05) is 0 Å². The molecule has 1 heteroatoms. The molecule has 0 bridgehead atoms. The zero-order valence-electron chi connectivity index (χ0n) is 8.10. The minimum Gasteiger partial charge on any atom is -0.365 e. The van der Waals surface area contributed by atoms with Crippen LogP contribution in [0.4, 0.5) is 0 Å². The number of epoxide rings is 1. The van der Waals surface area contributed by atoms with E-state index in [2.05, 4.69) is 49.4 Å². The molecule has 70 valence electrons. The Bertz CT molecular complexity index is 475. The second-order valence-corrected chi connectivity index (χ2v) is 3.87. The Kier molecular flexibility index (Phi) is 1.62. The highest BCUT2D eigenvalue weighted by molar-refractivity contribution is 5.83. The van der Waals surface area contributed by atoms with Crippen LogP contribution >= 0.6 is 0 Å². The van der Waals surface area contributed by atoms with Crippen LogP contribution in [-0.4, -0.2) is 6.10 Å². The monoisotopic (exact) mass is 184 g/mol. The van der Waals surface area contributed by atoms with E-state index in [-0.39, 0.29) is 0 Å². The molecule has 1 saturated heterocycles. The number of hydrogen-bond donors (Lipinski definition) is 0. The van der Waals surface area contributed by atoms with Crippen molar-refractivity contribution in [2.24, 2.45) is 0 Å². The molecule has 0 aliphatic carbocycles. The van der Waals surface area contributed by atoms with Crippen LogP contribution in [0, 0.1) is 0 Å². The van der Waals surface area contributed by atoms with Crippen LogP contribution in [0.15, 0.2) is 42.5 Å². The molecule has 14 heavy (non-hydrogen) atoms. The van der Waals surface area contributed by atoms with Gasteiger partial charge in [-0.2, -0.15) is 0 Å². The van der Waals surface area contributed by atoms with Gasteiger partial charge >= 0.3 is 0 Å². The Morgan fingerprint density at radius 2 is 1.71 bits per heavy atom. The van der Waals surface area contributed by atoms with Crippen LogP contribution in [0.3, 0.4) is 0 Å². The zero-order valence-corrected chi connectivity index (χ0v) is 8.10. The Balaban J connectivity index is 2.11. The lowest BCUT2D eigenvalue weighted by molar-refractivity contribution is 0.383. The number of hydrogen-bond acceptors (Lipinski definition) is 1. The lowest BCUT2D eigenvalue weighted by Gasteiger charge is -1.99. The molecule has 1 aliphatic rings. The summed E-state index contributed by atoms with van der Waals surface area (Å²) in [7, 11) is 0. The first-order valence-corrected chi connectivity index (χ1v) is 4.99. The molecule has 1 heterocycles.